The first kappa shape index (κ1) is 15.7. The number of nitrogens with zero attached hydrogens (tertiary/aromatic N) is 4. The topological polar surface area (TPSA) is 71.7 Å². The van der Waals surface area contributed by atoms with Crippen LogP contribution in [0, 0.1) is 0 Å². The Morgan fingerprint density at radius 3 is 2.92 bits per heavy atom. The quantitative estimate of drug-likeness (QED) is 0.836. The van der Waals surface area contributed by atoms with E-state index in [0.717, 1.165) is 44.6 Å². The zero-order valence-corrected chi connectivity index (χ0v) is 14.2. The lowest BCUT2D eigenvalue weighted by molar-refractivity contribution is -0.142. The van der Waals surface area contributed by atoms with Gasteiger partial charge in [0.05, 0.1) is 6.54 Å². The summed E-state index contributed by atoms with van der Waals surface area (Å²) in [6.45, 7) is 4.41. The fraction of sp³-hybridized carbons (Fsp3) is 0.562. The molecule has 0 unspecified atom stereocenters. The molecule has 0 bridgehead atoms. The lowest BCUT2D eigenvalue weighted by Crippen LogP contribution is -2.51. The summed E-state index contributed by atoms with van der Waals surface area (Å²) >= 11 is 1.61. The van der Waals surface area contributed by atoms with Crippen molar-refractivity contribution in [1.82, 2.24) is 19.9 Å². The Balaban J connectivity index is 1.29. The number of piperazine rings is 1. The third kappa shape index (κ3) is 3.35. The second-order valence-corrected chi connectivity index (χ2v) is 6.91. The molecule has 4 heterocycles. The van der Waals surface area contributed by atoms with Gasteiger partial charge in [-0.1, -0.05) is 5.16 Å². The summed E-state index contributed by atoms with van der Waals surface area (Å²) in [7, 11) is 0. The minimum absolute atomic E-state index is 0.143. The van der Waals surface area contributed by atoms with Crippen LogP contribution in [0.4, 0.5) is 0 Å². The summed E-state index contributed by atoms with van der Waals surface area (Å²) < 4.78 is 10.8. The highest BCUT2D eigenvalue weighted by Crippen LogP contribution is 2.20. The highest BCUT2D eigenvalue weighted by atomic mass is 32.1. The second-order valence-electron chi connectivity index (χ2n) is 6.13. The zero-order valence-electron chi connectivity index (χ0n) is 13.4. The molecule has 4 rings (SSSR count). The number of carbonyl (C=O) groups is 1. The number of thiophene rings is 1. The largest absolute Gasteiger partial charge is 0.368 e. The Bertz CT molecular complexity index is 673. The van der Waals surface area contributed by atoms with Crippen molar-refractivity contribution in [1.29, 1.82) is 0 Å². The van der Waals surface area contributed by atoms with Crippen LogP contribution >= 0.6 is 11.3 Å². The van der Waals surface area contributed by atoms with Crippen molar-refractivity contribution in [3.63, 3.8) is 0 Å². The average Bonchev–Trinajstić information content (AvgIpc) is 3.36. The number of amides is 1. The molecule has 128 valence electrons. The van der Waals surface area contributed by atoms with E-state index in [-0.39, 0.29) is 12.0 Å². The van der Waals surface area contributed by atoms with E-state index in [1.807, 2.05) is 21.7 Å². The molecule has 2 fully saturated rings. The van der Waals surface area contributed by atoms with E-state index in [1.54, 1.807) is 11.3 Å². The van der Waals surface area contributed by atoms with Crippen LogP contribution in [0.1, 0.15) is 18.7 Å². The molecule has 2 saturated heterocycles. The first-order valence-electron chi connectivity index (χ1n) is 8.27. The first-order chi connectivity index (χ1) is 11.8. The molecule has 0 saturated carbocycles. The number of carbonyl (C=O) groups excluding carboxylic acids is 1. The van der Waals surface area contributed by atoms with Gasteiger partial charge in [-0.2, -0.15) is 16.3 Å². The molecule has 0 aliphatic carbocycles. The Labute approximate surface area is 144 Å². The van der Waals surface area contributed by atoms with Crippen molar-refractivity contribution < 1.29 is 14.1 Å². The van der Waals surface area contributed by atoms with Crippen LogP contribution in [-0.4, -0.2) is 64.7 Å². The van der Waals surface area contributed by atoms with E-state index in [9.17, 15) is 4.79 Å². The molecule has 7 nitrogen and oxygen atoms in total. The second kappa shape index (κ2) is 7.00. The van der Waals surface area contributed by atoms with Gasteiger partial charge in [-0.05, 0) is 24.3 Å². The van der Waals surface area contributed by atoms with Crippen LogP contribution < -0.4 is 0 Å². The third-order valence-electron chi connectivity index (χ3n) is 4.50. The summed E-state index contributed by atoms with van der Waals surface area (Å²) in [6.07, 6.45) is 1.62. The molecule has 1 amide bonds. The van der Waals surface area contributed by atoms with Gasteiger partial charge in [0.15, 0.2) is 0 Å². The van der Waals surface area contributed by atoms with Crippen molar-refractivity contribution in [3.05, 3.63) is 22.7 Å². The maximum atomic E-state index is 12.3. The smallest absolute Gasteiger partial charge is 0.251 e. The third-order valence-corrected chi connectivity index (χ3v) is 5.18. The number of hydrogen-bond donors (Lipinski definition) is 0. The van der Waals surface area contributed by atoms with Gasteiger partial charge in [0.25, 0.3) is 5.91 Å². The molecule has 0 radical (unpaired) electrons. The zero-order chi connectivity index (χ0) is 16.4. The van der Waals surface area contributed by atoms with Crippen LogP contribution in [0.25, 0.3) is 11.4 Å². The summed E-state index contributed by atoms with van der Waals surface area (Å²) in [5.41, 5.74) is 0.988. The van der Waals surface area contributed by atoms with E-state index in [4.69, 9.17) is 9.26 Å². The molecule has 24 heavy (non-hydrogen) atoms. The summed E-state index contributed by atoms with van der Waals surface area (Å²) in [5, 5.41) is 8.03. The maximum Gasteiger partial charge on any atom is 0.251 e. The van der Waals surface area contributed by atoms with Gasteiger partial charge in [-0.3, -0.25) is 9.69 Å². The maximum absolute atomic E-state index is 12.3. The Kier molecular flexibility index (Phi) is 4.59. The molecular formula is C16H20N4O3S. The summed E-state index contributed by atoms with van der Waals surface area (Å²) in [6, 6.07) is 1.98. The molecular weight excluding hydrogens is 328 g/mol. The number of hydrogen-bond acceptors (Lipinski definition) is 7. The van der Waals surface area contributed by atoms with Crippen LogP contribution in [0.5, 0.6) is 0 Å². The molecule has 0 spiro atoms. The number of rotatable bonds is 4. The van der Waals surface area contributed by atoms with Crippen molar-refractivity contribution >= 4 is 17.2 Å². The molecule has 2 aliphatic heterocycles. The Morgan fingerprint density at radius 1 is 1.33 bits per heavy atom. The predicted octanol–water partition coefficient (Wildman–Crippen LogP) is 1.62. The number of ether oxygens (including phenoxy) is 1. The minimum Gasteiger partial charge on any atom is -0.368 e. The van der Waals surface area contributed by atoms with E-state index >= 15 is 0 Å². The van der Waals surface area contributed by atoms with Crippen LogP contribution in [-0.2, 0) is 16.1 Å². The summed E-state index contributed by atoms with van der Waals surface area (Å²) in [4.78, 5) is 20.9. The molecule has 0 aromatic carbocycles. The predicted molar refractivity (Wildman–Crippen MR) is 88.4 cm³/mol. The molecule has 0 N–H and O–H groups in total. The van der Waals surface area contributed by atoms with Gasteiger partial charge in [-0.15, -0.1) is 0 Å². The molecule has 2 aromatic rings. The standard InChI is InChI=1S/C16H20N4O3S/c21-16(13-2-1-8-22-13)20-6-4-19(5-7-20)10-14-17-15(18-23-14)12-3-9-24-11-12/h3,9,11,13H,1-2,4-8,10H2/t13-/m1/s1. The minimum atomic E-state index is -0.222. The van der Waals surface area contributed by atoms with E-state index in [2.05, 4.69) is 15.0 Å². The fourth-order valence-corrected chi connectivity index (χ4v) is 3.76. The van der Waals surface area contributed by atoms with Crippen molar-refractivity contribution in [2.24, 2.45) is 0 Å². The highest BCUT2D eigenvalue weighted by Gasteiger charge is 2.30. The van der Waals surface area contributed by atoms with Crippen LogP contribution in [0.3, 0.4) is 0 Å². The fourth-order valence-electron chi connectivity index (χ4n) is 3.12. The van der Waals surface area contributed by atoms with Gasteiger partial charge in [0, 0.05) is 43.7 Å². The van der Waals surface area contributed by atoms with Gasteiger partial charge >= 0.3 is 0 Å². The molecule has 1 atom stereocenters. The van der Waals surface area contributed by atoms with Crippen LogP contribution in [0.2, 0.25) is 0 Å². The monoisotopic (exact) mass is 348 g/mol. The molecule has 2 aromatic heterocycles. The van der Waals surface area contributed by atoms with E-state index < -0.39 is 0 Å². The van der Waals surface area contributed by atoms with Crippen molar-refractivity contribution in [2.45, 2.75) is 25.5 Å². The van der Waals surface area contributed by atoms with Crippen molar-refractivity contribution in [3.8, 4) is 11.4 Å². The summed E-state index contributed by atoms with van der Waals surface area (Å²) in [5.74, 6) is 1.40. The van der Waals surface area contributed by atoms with Gasteiger partial charge in [0.2, 0.25) is 11.7 Å². The Morgan fingerprint density at radius 2 is 2.21 bits per heavy atom. The highest BCUT2D eigenvalue weighted by molar-refractivity contribution is 7.08. The van der Waals surface area contributed by atoms with Gasteiger partial charge in [-0.25, -0.2) is 0 Å². The van der Waals surface area contributed by atoms with Crippen molar-refractivity contribution in [2.75, 3.05) is 32.8 Å². The van der Waals surface area contributed by atoms with E-state index in [0.29, 0.717) is 24.9 Å². The van der Waals surface area contributed by atoms with E-state index in [1.165, 1.54) is 0 Å². The first-order valence-corrected chi connectivity index (χ1v) is 9.22. The SMILES string of the molecule is O=C([C@H]1CCCO1)N1CCN(Cc2nc(-c3ccsc3)no2)CC1. The Hall–Kier alpha value is -1.77. The van der Waals surface area contributed by atoms with Gasteiger partial charge in [0.1, 0.15) is 6.10 Å². The molecule has 2 aliphatic rings. The van der Waals surface area contributed by atoms with Gasteiger partial charge < -0.3 is 14.2 Å². The molecule has 8 heteroatoms. The normalized spacial score (nSPS) is 22.2. The lowest BCUT2D eigenvalue weighted by Gasteiger charge is -2.35. The average molecular weight is 348 g/mol. The lowest BCUT2D eigenvalue weighted by atomic mass is 10.2. The number of aromatic nitrogens is 2. The van der Waals surface area contributed by atoms with Crippen LogP contribution in [0.15, 0.2) is 21.3 Å².